The number of carbonyl (C=O) groups is 1. The molecule has 0 aliphatic carbocycles. The van der Waals surface area contributed by atoms with E-state index >= 15 is 0 Å². The van der Waals surface area contributed by atoms with E-state index in [9.17, 15) is 20.0 Å². The number of aromatic nitrogens is 2. The molecule has 0 amide bonds. The molecule has 0 radical (unpaired) electrons. The minimum atomic E-state index is -0.955. The molecule has 1 aliphatic rings. The second-order valence-electron chi connectivity index (χ2n) is 5.50. The molecule has 0 bridgehead atoms. The summed E-state index contributed by atoms with van der Waals surface area (Å²) < 4.78 is 0. The topological polar surface area (TPSA) is 118 Å². The van der Waals surface area contributed by atoms with Crippen molar-refractivity contribution >= 4 is 23.3 Å². The van der Waals surface area contributed by atoms with Crippen molar-refractivity contribution in [1.82, 2.24) is 15.3 Å². The lowest BCUT2D eigenvalue weighted by Crippen LogP contribution is -2.53. The first-order valence-electron chi connectivity index (χ1n) is 6.99. The van der Waals surface area contributed by atoms with Gasteiger partial charge in [-0.1, -0.05) is 13.3 Å². The molecule has 8 nitrogen and oxygen atoms in total. The van der Waals surface area contributed by atoms with Crippen LogP contribution in [0, 0.1) is 10.1 Å². The fourth-order valence-electron chi connectivity index (χ4n) is 3.02. The first-order chi connectivity index (χ1) is 10.4. The molecule has 0 aromatic carbocycles. The molecule has 1 saturated heterocycles. The number of carboxylic acid groups (broad SMARTS) is 1. The zero-order valence-electron chi connectivity index (χ0n) is 12.1. The molecule has 0 saturated carbocycles. The van der Waals surface area contributed by atoms with Crippen LogP contribution in [0.15, 0.2) is 6.20 Å². The molecule has 2 unspecified atom stereocenters. The first kappa shape index (κ1) is 16.6. The number of hydrogen-bond donors (Lipinski definition) is 2. The van der Waals surface area contributed by atoms with Gasteiger partial charge in [0.15, 0.2) is 0 Å². The fourth-order valence-corrected chi connectivity index (χ4v) is 3.16. The van der Waals surface area contributed by atoms with Gasteiger partial charge in [-0.25, -0.2) is 9.97 Å². The van der Waals surface area contributed by atoms with Crippen LogP contribution in [0.2, 0.25) is 5.28 Å². The van der Waals surface area contributed by atoms with Crippen molar-refractivity contribution in [3.8, 4) is 0 Å². The van der Waals surface area contributed by atoms with Gasteiger partial charge in [0.2, 0.25) is 5.28 Å². The molecule has 2 heterocycles. The third-order valence-corrected chi connectivity index (χ3v) is 4.38. The zero-order valence-corrected chi connectivity index (χ0v) is 12.8. The average Bonchev–Trinajstić information content (AvgIpc) is 2.46. The van der Waals surface area contributed by atoms with Crippen molar-refractivity contribution in [1.29, 1.82) is 0 Å². The fraction of sp³-hybridized carbons (Fsp3) is 0.615. The quantitative estimate of drug-likeness (QED) is 0.482. The van der Waals surface area contributed by atoms with Crippen molar-refractivity contribution in [2.24, 2.45) is 0 Å². The number of nitro groups is 1. The maximum atomic E-state index is 11.3. The lowest BCUT2D eigenvalue weighted by atomic mass is 9.74. The number of piperidine rings is 1. The second-order valence-corrected chi connectivity index (χ2v) is 5.84. The number of hydrogen-bond acceptors (Lipinski definition) is 6. The predicted octanol–water partition coefficient (Wildman–Crippen LogP) is 2.13. The molecule has 0 spiro atoms. The van der Waals surface area contributed by atoms with Gasteiger partial charge < -0.3 is 10.4 Å². The van der Waals surface area contributed by atoms with Crippen LogP contribution >= 0.6 is 11.6 Å². The molecule has 1 fully saturated rings. The molecule has 22 heavy (non-hydrogen) atoms. The highest BCUT2D eigenvalue weighted by Gasteiger charge is 2.43. The van der Waals surface area contributed by atoms with E-state index in [1.54, 1.807) is 6.92 Å². The van der Waals surface area contributed by atoms with E-state index in [2.05, 4.69) is 15.3 Å². The summed E-state index contributed by atoms with van der Waals surface area (Å²) in [5, 5.41) is 23.6. The summed E-state index contributed by atoms with van der Waals surface area (Å²) in [5.74, 6) is -1.44. The van der Waals surface area contributed by atoms with Crippen LogP contribution in [0.4, 0.5) is 5.69 Å². The lowest BCUT2D eigenvalue weighted by molar-refractivity contribution is -0.386. The molecular weight excluding hydrogens is 312 g/mol. The van der Waals surface area contributed by atoms with E-state index < -0.39 is 22.3 Å². The number of carboxylic acids is 1. The van der Waals surface area contributed by atoms with E-state index in [4.69, 9.17) is 11.6 Å². The van der Waals surface area contributed by atoms with Gasteiger partial charge in [-0.05, 0) is 31.0 Å². The third-order valence-electron chi connectivity index (χ3n) is 4.20. The monoisotopic (exact) mass is 328 g/mol. The Morgan fingerprint density at radius 1 is 1.64 bits per heavy atom. The Morgan fingerprint density at radius 3 is 2.91 bits per heavy atom. The Labute approximate surface area is 132 Å². The largest absolute Gasteiger partial charge is 0.481 e. The van der Waals surface area contributed by atoms with Gasteiger partial charge in [0, 0.05) is 11.5 Å². The van der Waals surface area contributed by atoms with Crippen LogP contribution in [-0.2, 0) is 4.79 Å². The number of halogens is 1. The summed E-state index contributed by atoms with van der Waals surface area (Å²) in [7, 11) is 0. The normalized spacial score (nSPS) is 23.0. The Hall–Kier alpha value is -1.80. The van der Waals surface area contributed by atoms with E-state index in [-0.39, 0.29) is 23.1 Å². The number of rotatable bonds is 5. The van der Waals surface area contributed by atoms with Crippen molar-refractivity contribution in [3.05, 3.63) is 27.3 Å². The maximum absolute atomic E-state index is 11.3. The summed E-state index contributed by atoms with van der Waals surface area (Å²) in [5.41, 5.74) is -0.846. The van der Waals surface area contributed by atoms with Crippen LogP contribution in [0.1, 0.15) is 44.2 Å². The smallest absolute Gasteiger partial charge is 0.309 e. The van der Waals surface area contributed by atoms with Gasteiger partial charge in [0.25, 0.3) is 0 Å². The molecule has 2 atom stereocenters. The Morgan fingerprint density at radius 2 is 2.36 bits per heavy atom. The molecule has 1 aromatic heterocycles. The number of aliphatic carboxylic acids is 1. The summed E-state index contributed by atoms with van der Waals surface area (Å²) >= 11 is 5.77. The van der Waals surface area contributed by atoms with Crippen molar-refractivity contribution in [2.75, 3.05) is 6.54 Å². The summed E-state index contributed by atoms with van der Waals surface area (Å²) in [4.78, 5) is 29.5. The van der Waals surface area contributed by atoms with Crippen molar-refractivity contribution in [2.45, 2.75) is 44.1 Å². The zero-order chi connectivity index (χ0) is 16.3. The Balaban J connectivity index is 2.46. The van der Waals surface area contributed by atoms with Crippen molar-refractivity contribution < 1.29 is 14.8 Å². The van der Waals surface area contributed by atoms with Gasteiger partial charge >= 0.3 is 11.7 Å². The van der Waals surface area contributed by atoms with Gasteiger partial charge in [0.1, 0.15) is 11.9 Å². The highest BCUT2D eigenvalue weighted by atomic mass is 35.5. The Bertz CT molecular complexity index is 589. The van der Waals surface area contributed by atoms with Gasteiger partial charge in [-0.15, -0.1) is 0 Å². The van der Waals surface area contributed by atoms with Crippen LogP contribution < -0.4 is 5.32 Å². The predicted molar refractivity (Wildman–Crippen MR) is 78.9 cm³/mol. The highest BCUT2D eigenvalue weighted by Crippen LogP contribution is 2.39. The second kappa shape index (κ2) is 6.53. The molecule has 2 N–H and O–H groups in total. The van der Waals surface area contributed by atoms with E-state index in [1.807, 2.05) is 0 Å². The van der Waals surface area contributed by atoms with E-state index in [0.29, 0.717) is 13.0 Å². The SMILES string of the molecule is CC(c1nc(Cl)ncc1[N+](=O)[O-])C1(CC(=O)O)CCCCN1. The first-order valence-corrected chi connectivity index (χ1v) is 7.37. The highest BCUT2D eigenvalue weighted by molar-refractivity contribution is 6.28. The minimum Gasteiger partial charge on any atom is -0.481 e. The summed E-state index contributed by atoms with van der Waals surface area (Å²) in [6.07, 6.45) is 3.35. The van der Waals surface area contributed by atoms with Gasteiger partial charge in [-0.3, -0.25) is 14.9 Å². The standard InChI is InChI=1S/C13H17ClN4O4/c1-8(11-9(18(21)22)7-15-12(14)17-11)13(6-10(19)20)4-2-3-5-16-13/h7-8,16H,2-6H2,1H3,(H,19,20). The Kier molecular flexibility index (Phi) is 4.92. The van der Waals surface area contributed by atoms with Gasteiger partial charge in [-0.2, -0.15) is 0 Å². The molecule has 9 heteroatoms. The number of nitrogens with zero attached hydrogens (tertiary/aromatic N) is 3. The van der Waals surface area contributed by atoms with Crippen molar-refractivity contribution in [3.63, 3.8) is 0 Å². The van der Waals surface area contributed by atoms with Crippen LogP contribution in [0.5, 0.6) is 0 Å². The molecule has 1 aliphatic heterocycles. The molecular formula is C13H17ClN4O4. The number of nitrogens with one attached hydrogen (secondary N) is 1. The summed E-state index contributed by atoms with van der Waals surface area (Å²) in [6, 6.07) is 0. The minimum absolute atomic E-state index is 0.0891. The average molecular weight is 329 g/mol. The summed E-state index contributed by atoms with van der Waals surface area (Å²) in [6.45, 7) is 2.41. The maximum Gasteiger partial charge on any atom is 0.309 e. The van der Waals surface area contributed by atoms with Crippen LogP contribution in [0.3, 0.4) is 0 Å². The van der Waals surface area contributed by atoms with Gasteiger partial charge in [0.05, 0.1) is 11.3 Å². The van der Waals surface area contributed by atoms with Crippen LogP contribution in [0.25, 0.3) is 0 Å². The third kappa shape index (κ3) is 3.33. The molecule has 120 valence electrons. The van der Waals surface area contributed by atoms with Crippen LogP contribution in [-0.4, -0.2) is 38.1 Å². The molecule has 1 aromatic rings. The lowest BCUT2D eigenvalue weighted by Gasteiger charge is -2.41. The molecule has 2 rings (SSSR count). The van der Waals surface area contributed by atoms with E-state index in [1.165, 1.54) is 0 Å². The van der Waals surface area contributed by atoms with E-state index in [0.717, 1.165) is 19.0 Å².